The molecule has 1 N–H and O–H groups in total. The largest absolute Gasteiger partial charge is 0.480 e. The van der Waals surface area contributed by atoms with Crippen LogP contribution >= 0.6 is 15.9 Å². The molecule has 0 aromatic heterocycles. The van der Waals surface area contributed by atoms with Crippen LogP contribution in [0.3, 0.4) is 0 Å². The lowest BCUT2D eigenvalue weighted by atomic mass is 10.1. The number of hydrogen-bond acceptors (Lipinski definition) is 2. The summed E-state index contributed by atoms with van der Waals surface area (Å²) in [5.74, 6) is -1.13. The van der Waals surface area contributed by atoms with Crippen molar-refractivity contribution in [3.05, 3.63) is 33.8 Å². The number of hydrogen-bond donors (Lipinski definition) is 1. The van der Waals surface area contributed by atoms with Crippen molar-refractivity contribution in [3.63, 3.8) is 0 Å². The molecule has 0 saturated heterocycles. The summed E-state index contributed by atoms with van der Waals surface area (Å²) in [7, 11) is 0. The average molecular weight is 328 g/mol. The molecule has 104 valence electrons. The van der Waals surface area contributed by atoms with Gasteiger partial charge in [-0.25, -0.2) is 0 Å². The normalized spacial score (nSPS) is 10.3. The Morgan fingerprint density at radius 2 is 2.05 bits per heavy atom. The van der Waals surface area contributed by atoms with E-state index in [1.54, 1.807) is 0 Å². The van der Waals surface area contributed by atoms with E-state index in [-0.39, 0.29) is 18.9 Å². The van der Waals surface area contributed by atoms with Gasteiger partial charge < -0.3 is 10.0 Å². The van der Waals surface area contributed by atoms with Crippen LogP contribution < -0.4 is 0 Å². The average Bonchev–Trinajstić information content (AvgIpc) is 2.33. The van der Waals surface area contributed by atoms with Gasteiger partial charge in [0.05, 0.1) is 6.42 Å². The van der Waals surface area contributed by atoms with E-state index in [2.05, 4.69) is 15.9 Å². The number of benzene rings is 1. The van der Waals surface area contributed by atoms with E-state index in [1.807, 2.05) is 32.0 Å². The van der Waals surface area contributed by atoms with Crippen molar-refractivity contribution in [1.29, 1.82) is 0 Å². The number of aliphatic carboxylic acids is 1. The predicted octanol–water partition coefficient (Wildman–Crippen LogP) is 2.62. The second-order valence-electron chi connectivity index (χ2n) is 4.47. The number of carboxylic acids is 1. The van der Waals surface area contributed by atoms with Crippen LogP contribution in [0.15, 0.2) is 22.7 Å². The summed E-state index contributed by atoms with van der Waals surface area (Å²) in [4.78, 5) is 24.2. The summed E-state index contributed by atoms with van der Waals surface area (Å²) >= 11 is 3.43. The highest BCUT2D eigenvalue weighted by molar-refractivity contribution is 9.10. The lowest BCUT2D eigenvalue weighted by Crippen LogP contribution is -2.37. The molecule has 1 rings (SSSR count). The zero-order valence-corrected chi connectivity index (χ0v) is 12.7. The van der Waals surface area contributed by atoms with Gasteiger partial charge in [-0.2, -0.15) is 0 Å². The molecule has 1 aromatic rings. The maximum Gasteiger partial charge on any atom is 0.323 e. The van der Waals surface area contributed by atoms with Crippen molar-refractivity contribution in [1.82, 2.24) is 4.90 Å². The predicted molar refractivity (Wildman–Crippen MR) is 77.1 cm³/mol. The van der Waals surface area contributed by atoms with Gasteiger partial charge in [0, 0.05) is 11.0 Å². The number of carboxylic acid groups (broad SMARTS) is 1. The van der Waals surface area contributed by atoms with Gasteiger partial charge in [-0.3, -0.25) is 9.59 Å². The molecule has 5 heteroatoms. The van der Waals surface area contributed by atoms with Crippen molar-refractivity contribution < 1.29 is 14.7 Å². The SMILES string of the molecule is CCCN(CC(=O)O)C(=O)Cc1ccc(C)c(Br)c1. The van der Waals surface area contributed by atoms with Crippen LogP contribution in [0.25, 0.3) is 0 Å². The van der Waals surface area contributed by atoms with Crippen LogP contribution in [-0.2, 0) is 16.0 Å². The first-order valence-corrected chi connectivity index (χ1v) is 6.98. The Morgan fingerprint density at radius 1 is 1.37 bits per heavy atom. The summed E-state index contributed by atoms with van der Waals surface area (Å²) in [6.07, 6.45) is 0.975. The molecule has 0 unspecified atom stereocenters. The Morgan fingerprint density at radius 3 is 2.58 bits per heavy atom. The fourth-order valence-electron chi connectivity index (χ4n) is 1.76. The minimum Gasteiger partial charge on any atom is -0.480 e. The molecular weight excluding hydrogens is 310 g/mol. The first kappa shape index (κ1) is 15.7. The molecule has 1 aromatic carbocycles. The molecule has 0 aliphatic heterocycles. The van der Waals surface area contributed by atoms with Crippen molar-refractivity contribution in [2.75, 3.05) is 13.1 Å². The van der Waals surface area contributed by atoms with E-state index in [0.717, 1.165) is 22.0 Å². The van der Waals surface area contributed by atoms with Crippen molar-refractivity contribution >= 4 is 27.8 Å². The van der Waals surface area contributed by atoms with Gasteiger partial charge in [0.25, 0.3) is 0 Å². The summed E-state index contributed by atoms with van der Waals surface area (Å²) < 4.78 is 0.957. The molecule has 0 heterocycles. The zero-order chi connectivity index (χ0) is 14.4. The Balaban J connectivity index is 2.74. The first-order valence-electron chi connectivity index (χ1n) is 6.18. The van der Waals surface area contributed by atoms with Crippen LogP contribution in [0.2, 0.25) is 0 Å². The van der Waals surface area contributed by atoms with Crippen molar-refractivity contribution in [2.24, 2.45) is 0 Å². The third-order valence-electron chi connectivity index (χ3n) is 2.76. The van der Waals surface area contributed by atoms with Gasteiger partial charge in [0.2, 0.25) is 5.91 Å². The Hall–Kier alpha value is -1.36. The smallest absolute Gasteiger partial charge is 0.323 e. The second-order valence-corrected chi connectivity index (χ2v) is 5.32. The summed E-state index contributed by atoms with van der Waals surface area (Å²) in [6.45, 7) is 4.13. The zero-order valence-electron chi connectivity index (χ0n) is 11.1. The highest BCUT2D eigenvalue weighted by atomic mass is 79.9. The van der Waals surface area contributed by atoms with Crippen LogP contribution in [0.4, 0.5) is 0 Å². The standard InChI is InChI=1S/C14H18BrNO3/c1-3-6-16(9-14(18)19)13(17)8-11-5-4-10(2)12(15)7-11/h4-5,7H,3,6,8-9H2,1-2H3,(H,18,19). The number of halogens is 1. The van der Waals surface area contributed by atoms with Crippen LogP contribution in [0.1, 0.15) is 24.5 Å². The van der Waals surface area contributed by atoms with E-state index < -0.39 is 5.97 Å². The van der Waals surface area contributed by atoms with E-state index in [1.165, 1.54) is 4.90 Å². The first-order chi connectivity index (χ1) is 8.93. The number of carbonyl (C=O) groups excluding carboxylic acids is 1. The van der Waals surface area contributed by atoms with Crippen molar-refractivity contribution in [2.45, 2.75) is 26.7 Å². The van der Waals surface area contributed by atoms with Crippen molar-refractivity contribution in [3.8, 4) is 0 Å². The number of rotatable bonds is 6. The number of amides is 1. The molecule has 0 bridgehead atoms. The second kappa shape index (κ2) is 7.28. The topological polar surface area (TPSA) is 57.6 Å². The molecule has 0 aliphatic rings. The van der Waals surface area contributed by atoms with E-state index in [9.17, 15) is 9.59 Å². The van der Waals surface area contributed by atoms with E-state index in [0.29, 0.717) is 6.54 Å². The quantitative estimate of drug-likeness (QED) is 0.873. The number of carbonyl (C=O) groups is 2. The maximum atomic E-state index is 12.1. The highest BCUT2D eigenvalue weighted by Gasteiger charge is 2.16. The third-order valence-corrected chi connectivity index (χ3v) is 3.62. The Bertz CT molecular complexity index is 474. The molecular formula is C14H18BrNO3. The minimum absolute atomic E-state index is 0.153. The van der Waals surface area contributed by atoms with Gasteiger partial charge in [0.15, 0.2) is 0 Å². The van der Waals surface area contributed by atoms with Gasteiger partial charge in [-0.15, -0.1) is 0 Å². The molecule has 0 aliphatic carbocycles. The van der Waals surface area contributed by atoms with Gasteiger partial charge in [-0.05, 0) is 30.5 Å². The van der Waals surface area contributed by atoms with Gasteiger partial charge >= 0.3 is 5.97 Å². The maximum absolute atomic E-state index is 12.1. The fourth-order valence-corrected chi connectivity index (χ4v) is 2.18. The third kappa shape index (κ3) is 5.03. The Kier molecular flexibility index (Phi) is 6.02. The van der Waals surface area contributed by atoms with Gasteiger partial charge in [0.1, 0.15) is 6.54 Å². The minimum atomic E-state index is -0.980. The molecule has 4 nitrogen and oxygen atoms in total. The molecule has 1 amide bonds. The lowest BCUT2D eigenvalue weighted by molar-refractivity contribution is -0.144. The fraction of sp³-hybridized carbons (Fsp3) is 0.429. The monoisotopic (exact) mass is 327 g/mol. The number of aryl methyl sites for hydroxylation is 1. The Labute approximate surface area is 121 Å². The lowest BCUT2D eigenvalue weighted by Gasteiger charge is -2.20. The summed E-state index contributed by atoms with van der Waals surface area (Å²) in [5.41, 5.74) is 1.99. The van der Waals surface area contributed by atoms with E-state index in [4.69, 9.17) is 5.11 Å². The van der Waals surface area contributed by atoms with Crippen LogP contribution in [0, 0.1) is 6.92 Å². The molecule has 19 heavy (non-hydrogen) atoms. The molecule has 0 spiro atoms. The molecule has 0 fully saturated rings. The van der Waals surface area contributed by atoms with Crippen LogP contribution in [0.5, 0.6) is 0 Å². The molecule has 0 saturated carbocycles. The number of nitrogens with zero attached hydrogens (tertiary/aromatic N) is 1. The van der Waals surface area contributed by atoms with Gasteiger partial charge in [-0.1, -0.05) is 35.0 Å². The molecule has 0 radical (unpaired) electrons. The summed E-state index contributed by atoms with van der Waals surface area (Å²) in [5, 5.41) is 8.80. The van der Waals surface area contributed by atoms with Crippen LogP contribution in [-0.4, -0.2) is 35.0 Å². The van der Waals surface area contributed by atoms with E-state index >= 15 is 0 Å². The summed E-state index contributed by atoms with van der Waals surface area (Å²) in [6, 6.07) is 5.73. The molecule has 0 atom stereocenters. The highest BCUT2D eigenvalue weighted by Crippen LogP contribution is 2.18.